The van der Waals surface area contributed by atoms with Crippen LogP contribution in [0.2, 0.25) is 5.02 Å². The fraction of sp³-hybridized carbons (Fsp3) is 0.143. The standard InChI is InChI=1S/C14H12ClFN2S2/c15-9-2-1-8(10(16)6-9)5-11(18-17)13-7-14-12(20-13)3-4-19-14/h1-4,6-7,11,18H,5,17H2. The molecule has 3 N–H and O–H groups in total. The van der Waals surface area contributed by atoms with Crippen molar-refractivity contribution in [2.45, 2.75) is 12.5 Å². The molecule has 3 aromatic rings. The summed E-state index contributed by atoms with van der Waals surface area (Å²) in [5.74, 6) is 5.34. The summed E-state index contributed by atoms with van der Waals surface area (Å²) in [5, 5.41) is 2.47. The second-order valence-electron chi connectivity index (χ2n) is 4.46. The normalized spacial score (nSPS) is 12.9. The molecule has 0 saturated carbocycles. The first-order chi connectivity index (χ1) is 9.67. The fourth-order valence-corrected chi connectivity index (χ4v) is 4.44. The van der Waals surface area contributed by atoms with E-state index in [0.29, 0.717) is 17.0 Å². The van der Waals surface area contributed by atoms with Gasteiger partial charge in [-0.25, -0.2) is 4.39 Å². The summed E-state index contributed by atoms with van der Waals surface area (Å²) in [4.78, 5) is 1.11. The van der Waals surface area contributed by atoms with Crippen molar-refractivity contribution < 1.29 is 4.39 Å². The van der Waals surface area contributed by atoms with E-state index in [-0.39, 0.29) is 11.9 Å². The number of benzene rings is 1. The highest BCUT2D eigenvalue weighted by molar-refractivity contribution is 7.26. The average Bonchev–Trinajstić information content (AvgIpc) is 2.98. The van der Waals surface area contributed by atoms with Gasteiger partial charge in [0.1, 0.15) is 5.82 Å². The predicted octanol–water partition coefficient (Wildman–Crippen LogP) is 4.50. The minimum atomic E-state index is -0.295. The van der Waals surface area contributed by atoms with Crippen LogP contribution in [0.25, 0.3) is 9.40 Å². The van der Waals surface area contributed by atoms with Gasteiger partial charge in [0.25, 0.3) is 0 Å². The Kier molecular flexibility index (Phi) is 4.05. The second kappa shape index (κ2) is 5.79. The number of hydrogen-bond donors (Lipinski definition) is 2. The number of fused-ring (bicyclic) bond motifs is 1. The molecular formula is C14H12ClFN2S2. The molecule has 0 aliphatic rings. The first-order valence-electron chi connectivity index (χ1n) is 6.04. The molecule has 1 aromatic carbocycles. The summed E-state index contributed by atoms with van der Waals surface area (Å²) in [6.45, 7) is 0. The van der Waals surface area contributed by atoms with E-state index in [4.69, 9.17) is 17.4 Å². The minimum Gasteiger partial charge on any atom is -0.271 e. The average molecular weight is 327 g/mol. The third-order valence-corrected chi connectivity index (χ3v) is 5.58. The molecule has 1 atom stereocenters. The third kappa shape index (κ3) is 2.73. The van der Waals surface area contributed by atoms with Gasteiger partial charge in [-0.1, -0.05) is 17.7 Å². The number of thiophene rings is 2. The zero-order valence-electron chi connectivity index (χ0n) is 10.4. The molecule has 2 heterocycles. The van der Waals surface area contributed by atoms with Gasteiger partial charge in [0.2, 0.25) is 0 Å². The zero-order chi connectivity index (χ0) is 14.1. The van der Waals surface area contributed by atoms with E-state index < -0.39 is 0 Å². The molecule has 0 amide bonds. The lowest BCUT2D eigenvalue weighted by atomic mass is 10.0. The zero-order valence-corrected chi connectivity index (χ0v) is 12.8. The van der Waals surface area contributed by atoms with E-state index in [0.717, 1.165) is 4.88 Å². The molecule has 0 spiro atoms. The van der Waals surface area contributed by atoms with E-state index in [2.05, 4.69) is 22.9 Å². The molecule has 0 radical (unpaired) electrons. The number of halogens is 2. The molecule has 0 saturated heterocycles. The Bertz CT molecular complexity index is 709. The number of hydrazine groups is 1. The first-order valence-corrected chi connectivity index (χ1v) is 8.12. The molecule has 0 aliphatic carbocycles. The van der Waals surface area contributed by atoms with Crippen LogP contribution in [0.15, 0.2) is 35.7 Å². The maximum Gasteiger partial charge on any atom is 0.127 e. The van der Waals surface area contributed by atoms with Crippen molar-refractivity contribution >= 4 is 43.7 Å². The maximum absolute atomic E-state index is 13.9. The second-order valence-corrected chi connectivity index (χ2v) is 6.96. The number of nitrogens with two attached hydrogens (primary N) is 1. The van der Waals surface area contributed by atoms with Crippen molar-refractivity contribution in [1.82, 2.24) is 5.43 Å². The van der Waals surface area contributed by atoms with Gasteiger partial charge in [-0.3, -0.25) is 11.3 Å². The van der Waals surface area contributed by atoms with Gasteiger partial charge in [0.05, 0.1) is 6.04 Å². The van der Waals surface area contributed by atoms with Crippen LogP contribution in [0.1, 0.15) is 16.5 Å². The molecule has 3 rings (SSSR count). The molecule has 0 aliphatic heterocycles. The molecule has 20 heavy (non-hydrogen) atoms. The number of nitrogens with one attached hydrogen (secondary N) is 1. The summed E-state index contributed by atoms with van der Waals surface area (Å²) in [7, 11) is 0. The molecule has 6 heteroatoms. The smallest absolute Gasteiger partial charge is 0.127 e. The van der Waals surface area contributed by atoms with Gasteiger partial charge in [-0.2, -0.15) is 0 Å². The van der Waals surface area contributed by atoms with Crippen LogP contribution in [0.5, 0.6) is 0 Å². The maximum atomic E-state index is 13.9. The van der Waals surface area contributed by atoms with Gasteiger partial charge in [0.15, 0.2) is 0 Å². The van der Waals surface area contributed by atoms with Gasteiger partial charge in [0, 0.05) is 19.3 Å². The summed E-state index contributed by atoms with van der Waals surface area (Å²) in [6, 6.07) is 8.83. The molecule has 104 valence electrons. The number of hydrogen-bond acceptors (Lipinski definition) is 4. The van der Waals surface area contributed by atoms with Crippen LogP contribution in [0.3, 0.4) is 0 Å². The van der Waals surface area contributed by atoms with Crippen LogP contribution in [0, 0.1) is 5.82 Å². The topological polar surface area (TPSA) is 38.0 Å². The van der Waals surface area contributed by atoms with Crippen LogP contribution in [-0.4, -0.2) is 0 Å². The van der Waals surface area contributed by atoms with Crippen molar-refractivity contribution in [2.75, 3.05) is 0 Å². The monoisotopic (exact) mass is 326 g/mol. The lowest BCUT2D eigenvalue weighted by Gasteiger charge is -2.14. The fourth-order valence-electron chi connectivity index (χ4n) is 2.10. The lowest BCUT2D eigenvalue weighted by molar-refractivity contribution is 0.535. The van der Waals surface area contributed by atoms with E-state index >= 15 is 0 Å². The quantitative estimate of drug-likeness (QED) is 0.547. The molecule has 1 unspecified atom stereocenters. The molecular weight excluding hydrogens is 315 g/mol. The van der Waals surface area contributed by atoms with E-state index in [1.54, 1.807) is 34.8 Å². The van der Waals surface area contributed by atoms with E-state index in [1.165, 1.54) is 15.5 Å². The molecule has 0 fully saturated rings. The Balaban J connectivity index is 1.88. The predicted molar refractivity (Wildman–Crippen MR) is 84.9 cm³/mol. The Morgan fingerprint density at radius 3 is 2.80 bits per heavy atom. The molecule has 2 aromatic heterocycles. The van der Waals surface area contributed by atoms with Crippen LogP contribution < -0.4 is 11.3 Å². The van der Waals surface area contributed by atoms with Crippen molar-refractivity contribution in [1.29, 1.82) is 0 Å². The van der Waals surface area contributed by atoms with Crippen molar-refractivity contribution in [3.05, 3.63) is 57.0 Å². The highest BCUT2D eigenvalue weighted by Crippen LogP contribution is 2.34. The molecule has 0 bridgehead atoms. The van der Waals surface area contributed by atoms with E-state index in [9.17, 15) is 4.39 Å². The Labute approximate surface area is 129 Å². The van der Waals surface area contributed by atoms with E-state index in [1.807, 2.05) is 0 Å². The van der Waals surface area contributed by atoms with Crippen molar-refractivity contribution in [2.24, 2.45) is 5.84 Å². The SMILES string of the molecule is NNC(Cc1ccc(Cl)cc1F)c1cc2sccc2s1. The van der Waals surface area contributed by atoms with Crippen LogP contribution in [0.4, 0.5) is 4.39 Å². The minimum absolute atomic E-state index is 0.102. The van der Waals surface area contributed by atoms with Crippen molar-refractivity contribution in [3.8, 4) is 0 Å². The lowest BCUT2D eigenvalue weighted by Crippen LogP contribution is -2.29. The third-order valence-electron chi connectivity index (χ3n) is 3.14. The first kappa shape index (κ1) is 14.0. The van der Waals surface area contributed by atoms with Gasteiger partial charge in [-0.15, -0.1) is 22.7 Å². The highest BCUT2D eigenvalue weighted by Gasteiger charge is 2.16. The summed E-state index contributed by atoms with van der Waals surface area (Å²) in [5.41, 5.74) is 3.38. The highest BCUT2D eigenvalue weighted by atomic mass is 35.5. The van der Waals surface area contributed by atoms with Gasteiger partial charge >= 0.3 is 0 Å². The number of rotatable bonds is 4. The Morgan fingerprint density at radius 1 is 1.25 bits per heavy atom. The molecule has 2 nitrogen and oxygen atoms in total. The largest absolute Gasteiger partial charge is 0.271 e. The van der Waals surface area contributed by atoms with Gasteiger partial charge < -0.3 is 0 Å². The summed E-state index contributed by atoms with van der Waals surface area (Å²) in [6.07, 6.45) is 0.493. The Hall–Kier alpha value is -0.980. The summed E-state index contributed by atoms with van der Waals surface area (Å²) >= 11 is 9.15. The Morgan fingerprint density at radius 2 is 2.10 bits per heavy atom. The van der Waals surface area contributed by atoms with Crippen LogP contribution in [-0.2, 0) is 6.42 Å². The van der Waals surface area contributed by atoms with Gasteiger partial charge in [-0.05, 0) is 41.6 Å². The van der Waals surface area contributed by atoms with Crippen molar-refractivity contribution in [3.63, 3.8) is 0 Å². The summed E-state index contributed by atoms with van der Waals surface area (Å²) < 4.78 is 16.3. The van der Waals surface area contributed by atoms with Crippen LogP contribution >= 0.6 is 34.3 Å².